The molecule has 7 nitrogen and oxygen atoms in total. The molecule has 4 aromatic rings. The fraction of sp³-hybridized carbons (Fsp3) is 0.185. The number of aromatic nitrogens is 1. The second-order valence-corrected chi connectivity index (χ2v) is 9.67. The second-order valence-electron chi connectivity index (χ2n) is 8.21. The van der Waals surface area contributed by atoms with Gasteiger partial charge in [-0.15, -0.1) is 11.3 Å². The molecule has 2 heterocycles. The highest BCUT2D eigenvalue weighted by Gasteiger charge is 2.28. The number of amides is 2. The van der Waals surface area contributed by atoms with Crippen LogP contribution in [-0.2, 0) is 4.74 Å². The summed E-state index contributed by atoms with van der Waals surface area (Å²) < 4.78 is 5.22. The third kappa shape index (κ3) is 4.96. The maximum absolute atomic E-state index is 13.6. The van der Waals surface area contributed by atoms with Gasteiger partial charge in [0.2, 0.25) is 0 Å². The van der Waals surface area contributed by atoms with Crippen LogP contribution in [0.2, 0.25) is 5.02 Å². The lowest BCUT2D eigenvalue weighted by Crippen LogP contribution is -2.21. The van der Waals surface area contributed by atoms with Crippen LogP contribution in [-0.4, -0.2) is 48.4 Å². The highest BCUT2D eigenvalue weighted by Crippen LogP contribution is 2.35. The standard InChI is InChI=1S/C27H24ClN3O4S/c1-5-35-27(34)22-15(2)23(26(33)31(3)4)36-25(22)30-24(32)19-14-21(16-10-12-17(28)13-11-16)29-20-9-7-6-8-18(19)20/h6-14H,5H2,1-4H3,(H,30,32). The third-order valence-electron chi connectivity index (χ3n) is 5.55. The number of nitrogens with one attached hydrogen (secondary N) is 1. The number of hydrogen-bond acceptors (Lipinski definition) is 6. The van der Waals surface area contributed by atoms with E-state index in [4.69, 9.17) is 21.3 Å². The Balaban J connectivity index is 1.81. The summed E-state index contributed by atoms with van der Waals surface area (Å²) in [6.45, 7) is 3.54. The van der Waals surface area contributed by atoms with E-state index in [-0.39, 0.29) is 23.1 Å². The van der Waals surface area contributed by atoms with Crippen LogP contribution in [0.1, 0.15) is 42.9 Å². The quantitative estimate of drug-likeness (QED) is 0.312. The van der Waals surface area contributed by atoms with Crippen molar-refractivity contribution in [2.45, 2.75) is 13.8 Å². The van der Waals surface area contributed by atoms with Gasteiger partial charge in [0.25, 0.3) is 11.8 Å². The van der Waals surface area contributed by atoms with Crippen molar-refractivity contribution in [3.05, 3.63) is 81.2 Å². The molecule has 2 aromatic carbocycles. The minimum absolute atomic E-state index is 0.165. The maximum Gasteiger partial charge on any atom is 0.341 e. The lowest BCUT2D eigenvalue weighted by Gasteiger charge is -2.11. The van der Waals surface area contributed by atoms with E-state index in [0.717, 1.165) is 16.9 Å². The molecule has 0 saturated heterocycles. The predicted octanol–water partition coefficient (Wildman–Crippen LogP) is 6.06. The predicted molar refractivity (Wildman–Crippen MR) is 143 cm³/mol. The van der Waals surface area contributed by atoms with Crippen molar-refractivity contribution in [3.8, 4) is 11.3 Å². The smallest absolute Gasteiger partial charge is 0.341 e. The Bertz CT molecular complexity index is 1480. The molecule has 0 aliphatic rings. The minimum Gasteiger partial charge on any atom is -0.462 e. The summed E-state index contributed by atoms with van der Waals surface area (Å²) in [5.74, 6) is -1.29. The summed E-state index contributed by atoms with van der Waals surface area (Å²) in [4.78, 5) is 45.6. The molecule has 4 rings (SSSR count). The van der Waals surface area contributed by atoms with Crippen molar-refractivity contribution in [3.63, 3.8) is 0 Å². The topological polar surface area (TPSA) is 88.6 Å². The molecule has 0 bridgehead atoms. The molecule has 0 radical (unpaired) electrons. The number of carbonyl (C=O) groups is 3. The molecule has 0 spiro atoms. The average molecular weight is 522 g/mol. The number of para-hydroxylation sites is 1. The van der Waals surface area contributed by atoms with E-state index in [1.807, 2.05) is 36.4 Å². The Labute approximate surface area is 217 Å². The molecule has 184 valence electrons. The Morgan fingerprint density at radius 1 is 1.08 bits per heavy atom. The number of rotatable bonds is 6. The van der Waals surface area contributed by atoms with Gasteiger partial charge in [-0.3, -0.25) is 9.59 Å². The van der Waals surface area contributed by atoms with Gasteiger partial charge >= 0.3 is 5.97 Å². The summed E-state index contributed by atoms with van der Waals surface area (Å²) in [5.41, 5.74) is 3.08. The second kappa shape index (κ2) is 10.5. The normalized spacial score (nSPS) is 10.8. The van der Waals surface area contributed by atoms with Crippen LogP contribution in [0.15, 0.2) is 54.6 Å². The highest BCUT2D eigenvalue weighted by molar-refractivity contribution is 7.18. The monoisotopic (exact) mass is 521 g/mol. The number of benzene rings is 2. The first-order chi connectivity index (χ1) is 17.2. The number of carbonyl (C=O) groups excluding carboxylic acids is 3. The van der Waals surface area contributed by atoms with Crippen LogP contribution in [0.25, 0.3) is 22.2 Å². The number of anilines is 1. The third-order valence-corrected chi connectivity index (χ3v) is 7.00. The Morgan fingerprint density at radius 3 is 2.44 bits per heavy atom. The van der Waals surface area contributed by atoms with Crippen LogP contribution in [0, 0.1) is 6.92 Å². The van der Waals surface area contributed by atoms with Crippen molar-refractivity contribution < 1.29 is 19.1 Å². The summed E-state index contributed by atoms with van der Waals surface area (Å²) in [6.07, 6.45) is 0. The van der Waals surface area contributed by atoms with E-state index in [9.17, 15) is 14.4 Å². The van der Waals surface area contributed by atoms with Gasteiger partial charge in [0.15, 0.2) is 0 Å². The van der Waals surface area contributed by atoms with Gasteiger partial charge in [0.1, 0.15) is 5.00 Å². The molecule has 0 aliphatic heterocycles. The van der Waals surface area contributed by atoms with Gasteiger partial charge < -0.3 is 15.0 Å². The first-order valence-corrected chi connectivity index (χ1v) is 12.4. The number of ether oxygens (including phenoxy) is 1. The number of hydrogen-bond donors (Lipinski definition) is 1. The van der Waals surface area contributed by atoms with Gasteiger partial charge in [-0.25, -0.2) is 9.78 Å². The van der Waals surface area contributed by atoms with Gasteiger partial charge in [0.05, 0.1) is 33.8 Å². The van der Waals surface area contributed by atoms with E-state index in [2.05, 4.69) is 5.32 Å². The average Bonchev–Trinajstić information content (AvgIpc) is 3.18. The van der Waals surface area contributed by atoms with Crippen LogP contribution < -0.4 is 5.32 Å². The fourth-order valence-corrected chi connectivity index (χ4v) is 5.10. The Morgan fingerprint density at radius 2 is 1.78 bits per heavy atom. The zero-order valence-corrected chi connectivity index (χ0v) is 21.8. The van der Waals surface area contributed by atoms with Crippen molar-refractivity contribution in [1.82, 2.24) is 9.88 Å². The SMILES string of the molecule is CCOC(=O)c1c(NC(=O)c2cc(-c3ccc(Cl)cc3)nc3ccccc23)sc(C(=O)N(C)C)c1C. The summed E-state index contributed by atoms with van der Waals surface area (Å²) in [7, 11) is 3.26. The molecule has 0 aliphatic carbocycles. The van der Waals surface area contributed by atoms with Crippen molar-refractivity contribution >= 4 is 56.6 Å². The zero-order valence-electron chi connectivity index (χ0n) is 20.2. The molecule has 0 unspecified atom stereocenters. The maximum atomic E-state index is 13.6. The summed E-state index contributed by atoms with van der Waals surface area (Å²) in [6, 6.07) is 16.2. The van der Waals surface area contributed by atoms with E-state index in [0.29, 0.717) is 37.6 Å². The van der Waals surface area contributed by atoms with Crippen LogP contribution in [0.3, 0.4) is 0 Å². The first kappa shape index (κ1) is 25.3. The molecule has 1 N–H and O–H groups in total. The number of fused-ring (bicyclic) bond motifs is 1. The largest absolute Gasteiger partial charge is 0.462 e. The number of nitrogens with zero attached hydrogens (tertiary/aromatic N) is 2. The summed E-state index contributed by atoms with van der Waals surface area (Å²) >= 11 is 7.09. The molecule has 36 heavy (non-hydrogen) atoms. The molecule has 0 saturated carbocycles. The van der Waals surface area contributed by atoms with Gasteiger partial charge in [0, 0.05) is 30.1 Å². The molecule has 0 fully saturated rings. The van der Waals surface area contributed by atoms with E-state index < -0.39 is 11.9 Å². The molecule has 2 aromatic heterocycles. The van der Waals surface area contributed by atoms with E-state index in [1.165, 1.54) is 4.90 Å². The number of esters is 1. The first-order valence-electron chi connectivity index (χ1n) is 11.2. The molecule has 2 amide bonds. The Hall–Kier alpha value is -3.75. The van der Waals surface area contributed by atoms with Gasteiger partial charge in [-0.1, -0.05) is 41.9 Å². The minimum atomic E-state index is -0.596. The van der Waals surface area contributed by atoms with E-state index in [1.54, 1.807) is 46.1 Å². The summed E-state index contributed by atoms with van der Waals surface area (Å²) in [5, 5.41) is 4.37. The molecule has 9 heteroatoms. The van der Waals surface area contributed by atoms with Crippen molar-refractivity contribution in [2.24, 2.45) is 0 Å². The van der Waals surface area contributed by atoms with Crippen molar-refractivity contribution in [2.75, 3.05) is 26.0 Å². The Kier molecular flexibility index (Phi) is 7.37. The molecular weight excluding hydrogens is 498 g/mol. The van der Waals surface area contributed by atoms with Gasteiger partial charge in [-0.2, -0.15) is 0 Å². The zero-order chi connectivity index (χ0) is 26.0. The number of pyridine rings is 1. The lowest BCUT2D eigenvalue weighted by molar-refractivity contribution is 0.0527. The number of halogens is 1. The van der Waals surface area contributed by atoms with Crippen LogP contribution in [0.5, 0.6) is 0 Å². The van der Waals surface area contributed by atoms with Crippen molar-refractivity contribution in [1.29, 1.82) is 0 Å². The number of thiophene rings is 1. The van der Waals surface area contributed by atoms with Crippen LogP contribution in [0.4, 0.5) is 5.00 Å². The molecule has 0 atom stereocenters. The van der Waals surface area contributed by atoms with Crippen LogP contribution >= 0.6 is 22.9 Å². The van der Waals surface area contributed by atoms with Gasteiger partial charge in [-0.05, 0) is 43.7 Å². The lowest BCUT2D eigenvalue weighted by atomic mass is 10.0. The van der Waals surface area contributed by atoms with E-state index >= 15 is 0 Å². The molecular formula is C27H24ClN3O4S. The highest BCUT2D eigenvalue weighted by atomic mass is 35.5. The fourth-order valence-electron chi connectivity index (χ4n) is 3.76.